The first-order valence-electron chi connectivity index (χ1n) is 5.56. The monoisotopic (exact) mass is 240 g/mol. The van der Waals surface area contributed by atoms with Crippen LogP contribution in [0.15, 0.2) is 18.3 Å². The van der Waals surface area contributed by atoms with Crippen LogP contribution in [0.25, 0.3) is 0 Å². The average molecular weight is 240 g/mol. The lowest BCUT2D eigenvalue weighted by molar-refractivity contribution is 0.0695. The number of anilines is 1. The molecule has 5 nitrogen and oxygen atoms in total. The van der Waals surface area contributed by atoms with Crippen molar-refractivity contribution in [1.29, 1.82) is 0 Å². The Balaban J connectivity index is 2.60. The van der Waals surface area contributed by atoms with E-state index in [9.17, 15) is 10.2 Å². The lowest BCUT2D eigenvalue weighted by Gasteiger charge is -2.22. The molecular formula is C12H20N2O3. The summed E-state index contributed by atoms with van der Waals surface area (Å²) in [5.74, 6) is 0. The summed E-state index contributed by atoms with van der Waals surface area (Å²) in [6.07, 6.45) is 0.594. The van der Waals surface area contributed by atoms with Crippen LogP contribution < -0.4 is 4.90 Å². The van der Waals surface area contributed by atoms with Crippen molar-refractivity contribution in [2.24, 2.45) is 0 Å². The summed E-state index contributed by atoms with van der Waals surface area (Å²) in [5, 5.41) is 18.9. The maximum Gasteiger partial charge on any atom is 0.0947 e. The number of aliphatic hydroxyl groups excluding tert-OH is 2. The standard InChI is InChI=1S/C12H20N2O3/c1-9(15)12-5-4-10(6-13-12)14(2)7-11(16)8-17-3/h4-6,9,11,15-16H,7-8H2,1-3H3/t9-,11?/m0/s1. The van der Waals surface area contributed by atoms with Gasteiger partial charge in [-0.15, -0.1) is 0 Å². The van der Waals surface area contributed by atoms with Gasteiger partial charge in [0.2, 0.25) is 0 Å². The third-order valence-electron chi connectivity index (χ3n) is 2.48. The second-order valence-corrected chi connectivity index (χ2v) is 4.11. The summed E-state index contributed by atoms with van der Waals surface area (Å²) >= 11 is 0. The highest BCUT2D eigenvalue weighted by atomic mass is 16.5. The fourth-order valence-corrected chi connectivity index (χ4v) is 1.54. The molecule has 0 bridgehead atoms. The van der Waals surface area contributed by atoms with Gasteiger partial charge in [0.1, 0.15) is 0 Å². The van der Waals surface area contributed by atoms with Crippen molar-refractivity contribution in [1.82, 2.24) is 4.98 Å². The summed E-state index contributed by atoms with van der Waals surface area (Å²) in [5.41, 5.74) is 1.53. The Bertz CT molecular complexity index is 327. The summed E-state index contributed by atoms with van der Waals surface area (Å²) in [7, 11) is 3.43. The molecule has 0 amide bonds. The molecule has 2 N–H and O–H groups in total. The number of likely N-dealkylation sites (N-methyl/N-ethyl adjacent to an activating group) is 1. The van der Waals surface area contributed by atoms with Gasteiger partial charge in [-0.3, -0.25) is 4.98 Å². The number of methoxy groups -OCH3 is 1. The summed E-state index contributed by atoms with van der Waals surface area (Å²) in [6.45, 7) is 2.46. The highest BCUT2D eigenvalue weighted by molar-refractivity contribution is 5.43. The molecule has 0 aliphatic heterocycles. The van der Waals surface area contributed by atoms with Crippen LogP contribution in [0.1, 0.15) is 18.7 Å². The number of hydrogen-bond donors (Lipinski definition) is 2. The summed E-state index contributed by atoms with van der Waals surface area (Å²) < 4.78 is 4.87. The van der Waals surface area contributed by atoms with Gasteiger partial charge in [-0.25, -0.2) is 0 Å². The van der Waals surface area contributed by atoms with Crippen LogP contribution in [-0.2, 0) is 4.74 Å². The zero-order valence-corrected chi connectivity index (χ0v) is 10.5. The molecule has 1 rings (SSSR count). The zero-order valence-electron chi connectivity index (χ0n) is 10.5. The zero-order chi connectivity index (χ0) is 12.8. The van der Waals surface area contributed by atoms with Gasteiger partial charge >= 0.3 is 0 Å². The normalized spacial score (nSPS) is 14.4. The third-order valence-corrected chi connectivity index (χ3v) is 2.48. The van der Waals surface area contributed by atoms with Gasteiger partial charge < -0.3 is 19.8 Å². The molecule has 0 fully saturated rings. The molecule has 17 heavy (non-hydrogen) atoms. The first kappa shape index (κ1) is 13.9. The molecule has 2 atom stereocenters. The van der Waals surface area contributed by atoms with E-state index in [0.717, 1.165) is 5.69 Å². The Morgan fingerprint density at radius 3 is 2.59 bits per heavy atom. The Morgan fingerprint density at radius 2 is 2.12 bits per heavy atom. The Kier molecular flexibility index (Phi) is 5.34. The van der Waals surface area contributed by atoms with E-state index in [0.29, 0.717) is 18.8 Å². The lowest BCUT2D eigenvalue weighted by atomic mass is 10.2. The average Bonchev–Trinajstić information content (AvgIpc) is 2.29. The Labute approximate surface area is 102 Å². The number of nitrogens with zero attached hydrogens (tertiary/aromatic N) is 2. The molecule has 5 heteroatoms. The predicted molar refractivity (Wildman–Crippen MR) is 66.0 cm³/mol. The second-order valence-electron chi connectivity index (χ2n) is 4.11. The van der Waals surface area contributed by atoms with E-state index in [1.54, 1.807) is 26.3 Å². The number of hydrogen-bond acceptors (Lipinski definition) is 5. The fraction of sp³-hybridized carbons (Fsp3) is 0.583. The molecule has 0 spiro atoms. The van der Waals surface area contributed by atoms with Crippen molar-refractivity contribution in [3.05, 3.63) is 24.0 Å². The maximum atomic E-state index is 9.60. The number of rotatable bonds is 6. The molecule has 1 heterocycles. The van der Waals surface area contributed by atoms with Gasteiger partial charge in [-0.05, 0) is 19.1 Å². The van der Waals surface area contributed by atoms with E-state index in [2.05, 4.69) is 4.98 Å². The van der Waals surface area contributed by atoms with Gasteiger partial charge in [0.15, 0.2) is 0 Å². The van der Waals surface area contributed by atoms with Gasteiger partial charge in [-0.1, -0.05) is 0 Å². The summed E-state index contributed by atoms with van der Waals surface area (Å²) in [6, 6.07) is 3.65. The van der Waals surface area contributed by atoms with Crippen LogP contribution in [0.2, 0.25) is 0 Å². The smallest absolute Gasteiger partial charge is 0.0947 e. The molecule has 96 valence electrons. The predicted octanol–water partition coefficient (Wildman–Crippen LogP) is 0.578. The van der Waals surface area contributed by atoms with Crippen LogP contribution in [-0.4, -0.2) is 48.6 Å². The molecule has 1 unspecified atom stereocenters. The number of aliphatic hydroxyl groups is 2. The van der Waals surface area contributed by atoms with E-state index in [4.69, 9.17) is 4.74 Å². The van der Waals surface area contributed by atoms with Crippen molar-refractivity contribution in [2.45, 2.75) is 19.1 Å². The minimum Gasteiger partial charge on any atom is -0.389 e. The second kappa shape index (κ2) is 6.54. The van der Waals surface area contributed by atoms with Crippen LogP contribution >= 0.6 is 0 Å². The Hall–Kier alpha value is -1.17. The van der Waals surface area contributed by atoms with E-state index in [-0.39, 0.29) is 0 Å². The van der Waals surface area contributed by atoms with Crippen molar-refractivity contribution >= 4 is 5.69 Å². The first-order valence-corrected chi connectivity index (χ1v) is 5.56. The van der Waals surface area contributed by atoms with Crippen molar-refractivity contribution in [3.63, 3.8) is 0 Å². The maximum absolute atomic E-state index is 9.60. The molecule has 1 aromatic heterocycles. The van der Waals surface area contributed by atoms with E-state index >= 15 is 0 Å². The third kappa shape index (κ3) is 4.30. The van der Waals surface area contributed by atoms with Crippen LogP contribution in [0.3, 0.4) is 0 Å². The van der Waals surface area contributed by atoms with Gasteiger partial charge in [-0.2, -0.15) is 0 Å². The largest absolute Gasteiger partial charge is 0.389 e. The van der Waals surface area contributed by atoms with E-state index < -0.39 is 12.2 Å². The number of pyridine rings is 1. The van der Waals surface area contributed by atoms with E-state index in [1.165, 1.54) is 0 Å². The minimum atomic E-state index is -0.562. The molecule has 0 saturated carbocycles. The SMILES string of the molecule is COCC(O)CN(C)c1ccc([C@H](C)O)nc1. The van der Waals surface area contributed by atoms with Crippen molar-refractivity contribution < 1.29 is 14.9 Å². The van der Waals surface area contributed by atoms with Crippen molar-refractivity contribution in [3.8, 4) is 0 Å². The van der Waals surface area contributed by atoms with Gasteiger partial charge in [0.25, 0.3) is 0 Å². The lowest BCUT2D eigenvalue weighted by Crippen LogP contribution is -2.31. The highest BCUT2D eigenvalue weighted by Gasteiger charge is 2.09. The topological polar surface area (TPSA) is 65.8 Å². The molecule has 0 radical (unpaired) electrons. The number of ether oxygens (including phenoxy) is 1. The molecular weight excluding hydrogens is 220 g/mol. The fourth-order valence-electron chi connectivity index (χ4n) is 1.54. The van der Waals surface area contributed by atoms with Crippen LogP contribution in [0, 0.1) is 0 Å². The number of aromatic nitrogens is 1. The van der Waals surface area contributed by atoms with Gasteiger partial charge in [0.05, 0.1) is 36.4 Å². The van der Waals surface area contributed by atoms with Crippen LogP contribution in [0.5, 0.6) is 0 Å². The molecule has 0 aromatic carbocycles. The molecule has 0 aliphatic rings. The van der Waals surface area contributed by atoms with Crippen LogP contribution in [0.4, 0.5) is 5.69 Å². The van der Waals surface area contributed by atoms with E-state index in [1.807, 2.05) is 18.0 Å². The minimum absolute atomic E-state index is 0.309. The molecule has 1 aromatic rings. The first-order chi connectivity index (χ1) is 8.04. The molecule has 0 aliphatic carbocycles. The summed E-state index contributed by atoms with van der Waals surface area (Å²) in [4.78, 5) is 6.04. The highest BCUT2D eigenvalue weighted by Crippen LogP contribution is 2.15. The Morgan fingerprint density at radius 1 is 1.41 bits per heavy atom. The van der Waals surface area contributed by atoms with Gasteiger partial charge in [0, 0.05) is 20.7 Å². The quantitative estimate of drug-likeness (QED) is 0.761. The van der Waals surface area contributed by atoms with Crippen molar-refractivity contribution in [2.75, 3.05) is 32.2 Å². The molecule has 0 saturated heterocycles.